The van der Waals surface area contributed by atoms with Gasteiger partial charge in [-0.25, -0.2) is 4.79 Å². The van der Waals surface area contributed by atoms with E-state index in [1.807, 2.05) is 0 Å². The number of amides is 1. The van der Waals surface area contributed by atoms with E-state index >= 15 is 0 Å². The highest BCUT2D eigenvalue weighted by atomic mass is 16.6. The van der Waals surface area contributed by atoms with Gasteiger partial charge in [0.1, 0.15) is 12.6 Å². The van der Waals surface area contributed by atoms with E-state index in [9.17, 15) is 9.59 Å². The van der Waals surface area contributed by atoms with Gasteiger partial charge in [-0.3, -0.25) is 4.79 Å². The Bertz CT molecular complexity index is 600. The van der Waals surface area contributed by atoms with Gasteiger partial charge in [0.25, 0.3) is 0 Å². The Morgan fingerprint density at radius 3 is 2.74 bits per heavy atom. The summed E-state index contributed by atoms with van der Waals surface area (Å²) in [4.78, 5) is 23.1. The van der Waals surface area contributed by atoms with Crippen molar-refractivity contribution in [2.75, 3.05) is 20.8 Å². The van der Waals surface area contributed by atoms with Gasteiger partial charge in [0.2, 0.25) is 0 Å². The zero-order valence-electron chi connectivity index (χ0n) is 13.0. The lowest BCUT2D eigenvalue weighted by Gasteiger charge is -2.23. The fourth-order valence-electron chi connectivity index (χ4n) is 2.28. The van der Waals surface area contributed by atoms with E-state index in [2.05, 4.69) is 11.9 Å². The van der Waals surface area contributed by atoms with Crippen molar-refractivity contribution in [2.45, 2.75) is 18.6 Å². The fraction of sp³-hybridized carbons (Fsp3) is 0.375. The van der Waals surface area contributed by atoms with E-state index in [1.54, 1.807) is 18.2 Å². The van der Waals surface area contributed by atoms with Gasteiger partial charge in [-0.2, -0.15) is 0 Å². The Labute approximate surface area is 134 Å². The number of esters is 1. The zero-order chi connectivity index (χ0) is 16.8. The molecule has 0 unspecified atom stereocenters. The number of methoxy groups -OCH3 is 2. The molecule has 7 heteroatoms. The molecule has 1 fully saturated rings. The third kappa shape index (κ3) is 3.94. The van der Waals surface area contributed by atoms with E-state index in [4.69, 9.17) is 18.9 Å². The quantitative estimate of drug-likeness (QED) is 0.611. The first-order chi connectivity index (χ1) is 11.1. The Kier molecular flexibility index (Phi) is 5.46. The minimum atomic E-state index is -0.700. The van der Waals surface area contributed by atoms with E-state index in [0.29, 0.717) is 17.1 Å². The van der Waals surface area contributed by atoms with Gasteiger partial charge < -0.3 is 24.3 Å². The lowest BCUT2D eigenvalue weighted by molar-refractivity contribution is -0.149. The first kappa shape index (κ1) is 16.7. The molecule has 1 heterocycles. The number of ether oxygens (including phenoxy) is 4. The molecular formula is C16H19NO6. The van der Waals surface area contributed by atoms with Gasteiger partial charge in [-0.1, -0.05) is 12.1 Å². The van der Waals surface area contributed by atoms with Gasteiger partial charge in [0.05, 0.1) is 20.6 Å². The van der Waals surface area contributed by atoms with E-state index < -0.39 is 24.2 Å². The average Bonchev–Trinajstić information content (AvgIpc) is 2.98. The molecule has 1 aromatic carbocycles. The van der Waals surface area contributed by atoms with Gasteiger partial charge in [0.15, 0.2) is 17.6 Å². The number of hydrogen-bond acceptors (Lipinski definition) is 6. The third-order valence-electron chi connectivity index (χ3n) is 3.37. The molecule has 0 bridgehead atoms. The maximum Gasteiger partial charge on any atom is 0.407 e. The standard InChI is InChI=1S/C16H19NO6/c1-4-5-14(18)23-15(11-9-22-16(19)17-11)10-6-7-12(20-2)13(8-10)21-3/h4,6-8,11,15H,1,5,9H2,2-3H3,(H,17,19)/t11-,15-/m1/s1. The zero-order valence-corrected chi connectivity index (χ0v) is 13.0. The van der Waals surface area contributed by atoms with Crippen LogP contribution < -0.4 is 14.8 Å². The van der Waals surface area contributed by atoms with Crippen LogP contribution in [0.25, 0.3) is 0 Å². The van der Waals surface area contributed by atoms with Crippen LogP contribution in [0.1, 0.15) is 18.1 Å². The maximum absolute atomic E-state index is 11.8. The summed E-state index contributed by atoms with van der Waals surface area (Å²) in [5, 5.41) is 2.63. The number of benzene rings is 1. The van der Waals surface area contributed by atoms with E-state index in [0.717, 1.165) is 0 Å². The summed E-state index contributed by atoms with van der Waals surface area (Å²) in [5.41, 5.74) is 0.663. The molecular weight excluding hydrogens is 302 g/mol. The number of cyclic esters (lactones) is 1. The summed E-state index contributed by atoms with van der Waals surface area (Å²) in [6.45, 7) is 3.62. The van der Waals surface area contributed by atoms with Crippen LogP contribution in [0.4, 0.5) is 4.79 Å². The number of nitrogens with one attached hydrogen (secondary N) is 1. The topological polar surface area (TPSA) is 83.1 Å². The van der Waals surface area contributed by atoms with Crippen molar-refractivity contribution >= 4 is 12.1 Å². The molecule has 2 rings (SSSR count). The molecule has 23 heavy (non-hydrogen) atoms. The van der Waals surface area contributed by atoms with Gasteiger partial charge in [0, 0.05) is 0 Å². The summed E-state index contributed by atoms with van der Waals surface area (Å²) < 4.78 is 20.8. The van der Waals surface area contributed by atoms with Crippen molar-refractivity contribution < 1.29 is 28.5 Å². The number of carbonyl (C=O) groups is 2. The smallest absolute Gasteiger partial charge is 0.407 e. The molecule has 2 atom stereocenters. The van der Waals surface area contributed by atoms with Crippen molar-refractivity contribution in [3.63, 3.8) is 0 Å². The van der Waals surface area contributed by atoms with Crippen LogP contribution in [-0.2, 0) is 14.3 Å². The minimum Gasteiger partial charge on any atom is -0.493 e. The molecule has 1 amide bonds. The largest absolute Gasteiger partial charge is 0.493 e. The Morgan fingerprint density at radius 1 is 1.43 bits per heavy atom. The second kappa shape index (κ2) is 7.53. The number of hydrogen-bond donors (Lipinski definition) is 1. The van der Waals surface area contributed by atoms with Gasteiger partial charge >= 0.3 is 12.1 Å². The highest BCUT2D eigenvalue weighted by Crippen LogP contribution is 2.33. The molecule has 0 aromatic heterocycles. The predicted octanol–water partition coefficient (Wildman–Crippen LogP) is 1.97. The van der Waals surface area contributed by atoms with Crippen LogP contribution in [-0.4, -0.2) is 38.9 Å². The summed E-state index contributed by atoms with van der Waals surface area (Å²) >= 11 is 0. The molecule has 0 spiro atoms. The van der Waals surface area contributed by atoms with Crippen LogP contribution >= 0.6 is 0 Å². The Hall–Kier alpha value is -2.70. The molecule has 1 saturated heterocycles. The summed E-state index contributed by atoms with van der Waals surface area (Å²) in [6, 6.07) is 4.68. The Morgan fingerprint density at radius 2 is 2.17 bits per heavy atom. The van der Waals surface area contributed by atoms with E-state index in [1.165, 1.54) is 20.3 Å². The number of alkyl carbamates (subject to hydrolysis) is 1. The first-order valence-corrected chi connectivity index (χ1v) is 7.04. The van der Waals surface area contributed by atoms with E-state index in [-0.39, 0.29) is 13.0 Å². The third-order valence-corrected chi connectivity index (χ3v) is 3.37. The summed E-state index contributed by atoms with van der Waals surface area (Å²) in [6.07, 6.45) is 0.289. The Balaban J connectivity index is 2.30. The monoisotopic (exact) mass is 321 g/mol. The lowest BCUT2D eigenvalue weighted by Crippen LogP contribution is -2.35. The minimum absolute atomic E-state index is 0.0747. The molecule has 0 aliphatic carbocycles. The molecule has 0 saturated carbocycles. The second-order valence-corrected chi connectivity index (χ2v) is 4.87. The molecule has 1 N–H and O–H groups in total. The molecule has 124 valence electrons. The van der Waals surface area contributed by atoms with Crippen LogP contribution in [0.3, 0.4) is 0 Å². The van der Waals surface area contributed by atoms with Crippen molar-refractivity contribution in [3.8, 4) is 11.5 Å². The van der Waals surface area contributed by atoms with Crippen LogP contribution in [0.5, 0.6) is 11.5 Å². The molecule has 0 radical (unpaired) electrons. The normalized spacial score (nSPS) is 17.7. The summed E-state index contributed by atoms with van der Waals surface area (Å²) in [7, 11) is 3.05. The first-order valence-electron chi connectivity index (χ1n) is 7.04. The highest BCUT2D eigenvalue weighted by Gasteiger charge is 2.34. The van der Waals surface area contributed by atoms with Crippen molar-refractivity contribution in [2.24, 2.45) is 0 Å². The fourth-order valence-corrected chi connectivity index (χ4v) is 2.28. The van der Waals surface area contributed by atoms with Crippen molar-refractivity contribution in [1.29, 1.82) is 0 Å². The molecule has 7 nitrogen and oxygen atoms in total. The highest BCUT2D eigenvalue weighted by molar-refractivity contribution is 5.72. The van der Waals surface area contributed by atoms with Gasteiger partial charge in [-0.05, 0) is 17.7 Å². The lowest BCUT2D eigenvalue weighted by atomic mass is 10.0. The predicted molar refractivity (Wildman–Crippen MR) is 81.5 cm³/mol. The number of rotatable bonds is 7. The van der Waals surface area contributed by atoms with Crippen LogP contribution in [0.15, 0.2) is 30.9 Å². The van der Waals surface area contributed by atoms with Gasteiger partial charge in [-0.15, -0.1) is 6.58 Å². The molecule has 1 aliphatic heterocycles. The van der Waals surface area contributed by atoms with Crippen molar-refractivity contribution in [3.05, 3.63) is 36.4 Å². The van der Waals surface area contributed by atoms with Crippen LogP contribution in [0, 0.1) is 0 Å². The molecule has 1 aliphatic rings. The number of carbonyl (C=O) groups excluding carboxylic acids is 2. The molecule has 1 aromatic rings. The average molecular weight is 321 g/mol. The van der Waals surface area contributed by atoms with Crippen molar-refractivity contribution in [1.82, 2.24) is 5.32 Å². The van der Waals surface area contributed by atoms with Crippen LogP contribution in [0.2, 0.25) is 0 Å². The second-order valence-electron chi connectivity index (χ2n) is 4.87. The summed E-state index contributed by atoms with van der Waals surface area (Å²) in [5.74, 6) is 0.611. The maximum atomic E-state index is 11.8. The SMILES string of the molecule is C=CCC(=O)O[C@H](c1ccc(OC)c(OC)c1)[C@H]1COC(=O)N1.